The van der Waals surface area contributed by atoms with Crippen LogP contribution in [0.5, 0.6) is 5.75 Å². The Morgan fingerprint density at radius 2 is 2.12 bits per heavy atom. The average Bonchev–Trinajstić information content (AvgIpc) is 2.29. The third-order valence-corrected chi connectivity index (χ3v) is 3.57. The summed E-state index contributed by atoms with van der Waals surface area (Å²) in [4.78, 5) is 0. The fourth-order valence-corrected chi connectivity index (χ4v) is 2.65. The number of benzene rings is 1. The molecule has 1 aromatic carbocycles. The lowest BCUT2D eigenvalue weighted by Crippen LogP contribution is -1.99. The van der Waals surface area contributed by atoms with Gasteiger partial charge in [0.15, 0.2) is 0 Å². The Hall–Kier alpha value is -1.09. The second-order valence-corrected chi connectivity index (χ2v) is 4.92. The number of ether oxygens (including phenoxy) is 1. The van der Waals surface area contributed by atoms with E-state index in [9.17, 15) is 4.39 Å². The Labute approximate surface area is 109 Å². The van der Waals surface area contributed by atoms with Crippen molar-refractivity contribution in [2.45, 2.75) is 19.8 Å². The van der Waals surface area contributed by atoms with Gasteiger partial charge in [-0.3, -0.25) is 0 Å². The summed E-state index contributed by atoms with van der Waals surface area (Å²) >= 11 is 3.42. The molecule has 0 bridgehead atoms. The molecule has 0 aliphatic heterocycles. The number of rotatable bonds is 2. The van der Waals surface area contributed by atoms with Crippen LogP contribution in [0.4, 0.5) is 4.39 Å². The number of halogens is 2. The SMILES string of the molecule is COc1c(Br)cccc1C1=C(C)CCC=C1F. The van der Waals surface area contributed by atoms with Gasteiger partial charge in [-0.1, -0.05) is 17.7 Å². The van der Waals surface area contributed by atoms with Crippen molar-refractivity contribution in [3.8, 4) is 5.75 Å². The number of methoxy groups -OCH3 is 1. The van der Waals surface area contributed by atoms with Gasteiger partial charge in [-0.25, -0.2) is 4.39 Å². The summed E-state index contributed by atoms with van der Waals surface area (Å²) in [7, 11) is 1.60. The van der Waals surface area contributed by atoms with E-state index in [-0.39, 0.29) is 5.83 Å². The van der Waals surface area contributed by atoms with E-state index in [0.29, 0.717) is 11.3 Å². The van der Waals surface area contributed by atoms with Gasteiger partial charge in [-0.05, 0) is 47.8 Å². The van der Waals surface area contributed by atoms with Gasteiger partial charge in [-0.15, -0.1) is 0 Å². The van der Waals surface area contributed by atoms with Crippen LogP contribution in [0.3, 0.4) is 0 Å². The van der Waals surface area contributed by atoms with Crippen molar-refractivity contribution >= 4 is 21.5 Å². The highest BCUT2D eigenvalue weighted by Crippen LogP contribution is 2.40. The predicted octanol–water partition coefficient (Wildman–Crippen LogP) is 4.88. The molecule has 0 radical (unpaired) electrons. The quantitative estimate of drug-likeness (QED) is 0.756. The highest BCUT2D eigenvalue weighted by Gasteiger charge is 2.19. The van der Waals surface area contributed by atoms with Crippen LogP contribution in [-0.4, -0.2) is 7.11 Å². The highest BCUT2D eigenvalue weighted by molar-refractivity contribution is 9.10. The molecule has 1 aliphatic rings. The van der Waals surface area contributed by atoms with E-state index in [2.05, 4.69) is 15.9 Å². The van der Waals surface area contributed by atoms with E-state index in [4.69, 9.17) is 4.74 Å². The minimum atomic E-state index is -0.148. The average molecular weight is 297 g/mol. The molecule has 2 rings (SSSR count). The summed E-state index contributed by atoms with van der Waals surface area (Å²) in [6, 6.07) is 5.67. The molecule has 0 saturated heterocycles. The number of allylic oxidation sites excluding steroid dienone is 4. The van der Waals surface area contributed by atoms with Crippen LogP contribution in [0, 0.1) is 0 Å². The summed E-state index contributed by atoms with van der Waals surface area (Å²) in [6.07, 6.45) is 3.32. The molecule has 0 unspecified atom stereocenters. The first-order valence-corrected chi connectivity index (χ1v) is 6.33. The first-order valence-electron chi connectivity index (χ1n) is 5.53. The number of hydrogen-bond acceptors (Lipinski definition) is 1. The van der Waals surface area contributed by atoms with Crippen LogP contribution in [0.2, 0.25) is 0 Å². The predicted molar refractivity (Wildman–Crippen MR) is 71.7 cm³/mol. The van der Waals surface area contributed by atoms with Gasteiger partial charge in [0.1, 0.15) is 11.6 Å². The zero-order chi connectivity index (χ0) is 12.4. The molecule has 0 fully saturated rings. The maximum absolute atomic E-state index is 14.0. The summed E-state index contributed by atoms with van der Waals surface area (Å²) < 4.78 is 20.2. The molecule has 0 atom stereocenters. The van der Waals surface area contributed by atoms with Crippen LogP contribution in [-0.2, 0) is 0 Å². The normalized spacial score (nSPS) is 15.9. The maximum atomic E-state index is 14.0. The minimum absolute atomic E-state index is 0.148. The Balaban J connectivity index is 2.61. The largest absolute Gasteiger partial charge is 0.495 e. The molecule has 0 heterocycles. The molecular weight excluding hydrogens is 283 g/mol. The zero-order valence-electron chi connectivity index (χ0n) is 9.89. The molecule has 1 nitrogen and oxygen atoms in total. The lowest BCUT2D eigenvalue weighted by Gasteiger charge is -2.18. The second-order valence-electron chi connectivity index (χ2n) is 4.07. The van der Waals surface area contributed by atoms with Crippen LogP contribution in [0.15, 0.2) is 40.1 Å². The van der Waals surface area contributed by atoms with E-state index >= 15 is 0 Å². The molecule has 0 amide bonds. The fraction of sp³-hybridized carbons (Fsp3) is 0.286. The molecule has 90 valence electrons. The molecule has 0 spiro atoms. The number of hydrogen-bond donors (Lipinski definition) is 0. The smallest absolute Gasteiger partial charge is 0.140 e. The first-order chi connectivity index (χ1) is 8.15. The monoisotopic (exact) mass is 296 g/mol. The van der Waals surface area contributed by atoms with Crippen molar-refractivity contribution in [2.24, 2.45) is 0 Å². The lowest BCUT2D eigenvalue weighted by molar-refractivity contribution is 0.410. The van der Waals surface area contributed by atoms with E-state index in [1.54, 1.807) is 13.2 Å². The van der Waals surface area contributed by atoms with Crippen LogP contribution in [0.25, 0.3) is 5.57 Å². The lowest BCUT2D eigenvalue weighted by atomic mass is 9.92. The van der Waals surface area contributed by atoms with E-state index in [1.807, 2.05) is 25.1 Å². The summed E-state index contributed by atoms with van der Waals surface area (Å²) in [5, 5.41) is 0. The highest BCUT2D eigenvalue weighted by atomic mass is 79.9. The third-order valence-electron chi connectivity index (χ3n) is 2.95. The van der Waals surface area contributed by atoms with Gasteiger partial charge in [0.2, 0.25) is 0 Å². The van der Waals surface area contributed by atoms with Crippen LogP contribution >= 0.6 is 15.9 Å². The van der Waals surface area contributed by atoms with Gasteiger partial charge in [0.05, 0.1) is 11.6 Å². The molecule has 3 heteroatoms. The maximum Gasteiger partial charge on any atom is 0.140 e. The van der Waals surface area contributed by atoms with Crippen molar-refractivity contribution in [1.29, 1.82) is 0 Å². The first kappa shape index (κ1) is 12.4. The van der Waals surface area contributed by atoms with Gasteiger partial charge >= 0.3 is 0 Å². The van der Waals surface area contributed by atoms with Gasteiger partial charge in [-0.2, -0.15) is 0 Å². The van der Waals surface area contributed by atoms with Crippen molar-refractivity contribution < 1.29 is 9.13 Å². The van der Waals surface area contributed by atoms with Crippen molar-refractivity contribution in [2.75, 3.05) is 7.11 Å². The van der Waals surface area contributed by atoms with Crippen molar-refractivity contribution in [3.63, 3.8) is 0 Å². The van der Waals surface area contributed by atoms with Gasteiger partial charge in [0, 0.05) is 11.1 Å². The molecule has 1 aromatic rings. The van der Waals surface area contributed by atoms with Crippen LogP contribution in [0.1, 0.15) is 25.3 Å². The Morgan fingerprint density at radius 1 is 1.35 bits per heavy atom. The van der Waals surface area contributed by atoms with Gasteiger partial charge < -0.3 is 4.74 Å². The van der Waals surface area contributed by atoms with E-state index in [0.717, 1.165) is 28.5 Å². The molecule has 0 N–H and O–H groups in total. The summed E-state index contributed by atoms with van der Waals surface area (Å²) in [5.41, 5.74) is 2.56. The molecule has 1 aliphatic carbocycles. The van der Waals surface area contributed by atoms with E-state index in [1.165, 1.54) is 0 Å². The van der Waals surface area contributed by atoms with Crippen molar-refractivity contribution in [3.05, 3.63) is 45.7 Å². The molecular formula is C14H14BrFO. The molecule has 0 saturated carbocycles. The van der Waals surface area contributed by atoms with Crippen LogP contribution < -0.4 is 4.74 Å². The standard InChI is InChI=1S/C14H14BrFO/c1-9-5-3-8-12(16)13(9)10-6-4-7-11(15)14(10)17-2/h4,6-8H,3,5H2,1-2H3. The molecule has 17 heavy (non-hydrogen) atoms. The summed E-state index contributed by atoms with van der Waals surface area (Å²) in [6.45, 7) is 1.97. The van der Waals surface area contributed by atoms with Crippen molar-refractivity contribution in [1.82, 2.24) is 0 Å². The van der Waals surface area contributed by atoms with Gasteiger partial charge in [0.25, 0.3) is 0 Å². The second kappa shape index (κ2) is 5.05. The van der Waals surface area contributed by atoms with E-state index < -0.39 is 0 Å². The summed E-state index contributed by atoms with van der Waals surface area (Å²) in [5.74, 6) is 0.539. The Morgan fingerprint density at radius 3 is 2.76 bits per heavy atom. The Kier molecular flexibility index (Phi) is 3.67. The zero-order valence-corrected chi connectivity index (χ0v) is 11.5. The third kappa shape index (κ3) is 2.29. The molecule has 0 aromatic heterocycles. The number of para-hydroxylation sites is 1. The fourth-order valence-electron chi connectivity index (χ4n) is 2.12. The topological polar surface area (TPSA) is 9.23 Å². The minimum Gasteiger partial charge on any atom is -0.495 e. The Bertz CT molecular complexity index is 503.